The Kier molecular flexibility index (Phi) is 22.5. The first kappa shape index (κ1) is 59.9. The molecule has 9 atom stereocenters. The number of carboxylic acid groups (broad SMARTS) is 1. The van der Waals surface area contributed by atoms with Gasteiger partial charge >= 0.3 is 5.97 Å². The number of nitrogens with one attached hydrogen (secondary N) is 2. The highest BCUT2D eigenvalue weighted by molar-refractivity contribution is 7.90. The zero-order chi connectivity index (χ0) is 53.8. The van der Waals surface area contributed by atoms with E-state index in [9.17, 15) is 47.1 Å². The topological polar surface area (TPSA) is 239 Å². The van der Waals surface area contributed by atoms with Crippen molar-refractivity contribution in [1.29, 1.82) is 0 Å². The number of carbonyl (C=O) groups excluding carboxylic acids is 6. The average molecular weight is 1030 g/mol. The van der Waals surface area contributed by atoms with Crippen molar-refractivity contribution in [2.45, 2.75) is 154 Å². The molecule has 20 heteroatoms. The number of sulfonamides is 1. The zero-order valence-electron chi connectivity index (χ0n) is 44.8. The van der Waals surface area contributed by atoms with Crippen LogP contribution in [0.4, 0.5) is 0 Å². The number of ketones is 1. The number of ether oxygens (including phenoxy) is 3. The van der Waals surface area contributed by atoms with Crippen LogP contribution in [0.25, 0.3) is 0 Å². The zero-order valence-corrected chi connectivity index (χ0v) is 45.6. The maximum Gasteiger partial charge on any atom is 0.306 e. The van der Waals surface area contributed by atoms with Gasteiger partial charge in [0, 0.05) is 59.2 Å². The number of carbonyl (C=O) groups is 7. The van der Waals surface area contributed by atoms with Gasteiger partial charge in [-0.25, -0.2) is 8.42 Å². The third-order valence-corrected chi connectivity index (χ3v) is 16.9. The molecule has 0 radical (unpaired) electrons. The smallest absolute Gasteiger partial charge is 0.306 e. The molecule has 72 heavy (non-hydrogen) atoms. The van der Waals surface area contributed by atoms with Gasteiger partial charge in [-0.1, -0.05) is 67.0 Å². The first-order valence-corrected chi connectivity index (χ1v) is 27.3. The number of piperidine rings is 1. The van der Waals surface area contributed by atoms with Gasteiger partial charge in [-0.3, -0.25) is 43.2 Å². The first-order chi connectivity index (χ1) is 33.9. The number of nitrogens with zero attached hydrogens (tertiary/aromatic N) is 4. The molecular formula is C52H84N6O13S. The Morgan fingerprint density at radius 1 is 0.806 bits per heavy atom. The van der Waals surface area contributed by atoms with Crippen LogP contribution < -0.4 is 14.8 Å². The fourth-order valence-corrected chi connectivity index (χ4v) is 11.8. The predicted octanol–water partition coefficient (Wildman–Crippen LogP) is 3.76. The molecule has 0 unspecified atom stereocenters. The minimum Gasteiger partial charge on any atom is -0.484 e. The van der Waals surface area contributed by atoms with Gasteiger partial charge in [0.2, 0.25) is 33.7 Å². The van der Waals surface area contributed by atoms with E-state index in [0.717, 1.165) is 0 Å². The monoisotopic (exact) mass is 1030 g/mol. The normalized spacial score (nSPS) is 20.0. The van der Waals surface area contributed by atoms with Crippen LogP contribution in [0.15, 0.2) is 24.3 Å². The highest BCUT2D eigenvalue weighted by Gasteiger charge is 2.44. The number of carboxylic acids is 1. The van der Waals surface area contributed by atoms with E-state index in [-0.39, 0.29) is 73.0 Å². The number of hydrogen-bond acceptors (Lipinski definition) is 13. The molecular weight excluding hydrogens is 949 g/mol. The van der Waals surface area contributed by atoms with Gasteiger partial charge in [-0.05, 0) is 94.5 Å². The summed E-state index contributed by atoms with van der Waals surface area (Å²) in [6.45, 7) is 14.2. The van der Waals surface area contributed by atoms with Gasteiger partial charge in [-0.15, -0.1) is 0 Å². The van der Waals surface area contributed by atoms with E-state index in [4.69, 9.17) is 14.2 Å². The quantitative estimate of drug-likeness (QED) is 0.108. The number of hydrogen-bond donors (Lipinski definition) is 3. The van der Waals surface area contributed by atoms with Crippen molar-refractivity contribution in [1.82, 2.24) is 29.6 Å². The summed E-state index contributed by atoms with van der Waals surface area (Å²) in [5.41, 5.74) is 0.619. The lowest BCUT2D eigenvalue weighted by Crippen LogP contribution is -2.59. The van der Waals surface area contributed by atoms with Crippen LogP contribution in [0.1, 0.15) is 112 Å². The minimum absolute atomic E-state index is 0.000620. The summed E-state index contributed by atoms with van der Waals surface area (Å²) >= 11 is 0. The summed E-state index contributed by atoms with van der Waals surface area (Å²) in [5, 5.41) is 11.6. The molecule has 3 fully saturated rings. The molecule has 19 nitrogen and oxygen atoms in total. The Morgan fingerprint density at radius 2 is 1.43 bits per heavy atom. The summed E-state index contributed by atoms with van der Waals surface area (Å²) in [5.74, 6) is -5.37. The van der Waals surface area contributed by atoms with Crippen LogP contribution in [0, 0.1) is 35.5 Å². The molecule has 4 rings (SSSR count). The number of benzene rings is 1. The van der Waals surface area contributed by atoms with Crippen LogP contribution in [-0.2, 0) is 59.5 Å². The third kappa shape index (κ3) is 15.9. The second kappa shape index (κ2) is 27.0. The van der Waals surface area contributed by atoms with Crippen LogP contribution in [-0.4, -0.2) is 178 Å². The van der Waals surface area contributed by atoms with E-state index in [1.807, 2.05) is 60.5 Å². The second-order valence-corrected chi connectivity index (χ2v) is 23.1. The van der Waals surface area contributed by atoms with Gasteiger partial charge in [0.05, 0.1) is 47.9 Å². The highest BCUT2D eigenvalue weighted by Crippen LogP contribution is 2.32. The minimum atomic E-state index is -3.94. The van der Waals surface area contributed by atoms with Crippen LogP contribution in [0.3, 0.4) is 0 Å². The number of Topliss-reactive ketones (excluding diaryl/α,β-unsaturated/α-hetero) is 1. The molecule has 1 aromatic carbocycles. The maximum atomic E-state index is 14.5. The van der Waals surface area contributed by atoms with Crippen molar-refractivity contribution < 1.29 is 61.3 Å². The van der Waals surface area contributed by atoms with Gasteiger partial charge in [0.1, 0.15) is 17.6 Å². The molecule has 1 aliphatic carbocycles. The van der Waals surface area contributed by atoms with E-state index >= 15 is 0 Å². The summed E-state index contributed by atoms with van der Waals surface area (Å²) < 4.78 is 46.0. The van der Waals surface area contributed by atoms with Crippen molar-refractivity contribution >= 4 is 51.3 Å². The number of rotatable bonds is 28. The summed E-state index contributed by atoms with van der Waals surface area (Å²) in [7, 11) is 4.41. The molecule has 2 heterocycles. The van der Waals surface area contributed by atoms with E-state index in [0.29, 0.717) is 75.9 Å². The molecule has 1 aromatic rings. The Bertz CT molecular complexity index is 2120. The van der Waals surface area contributed by atoms with Crippen LogP contribution >= 0.6 is 0 Å². The predicted molar refractivity (Wildman–Crippen MR) is 271 cm³/mol. The maximum absolute atomic E-state index is 14.5. The van der Waals surface area contributed by atoms with E-state index in [2.05, 4.69) is 10.0 Å². The largest absolute Gasteiger partial charge is 0.484 e. The van der Waals surface area contributed by atoms with Gasteiger partial charge in [0.25, 0.3) is 5.91 Å². The molecule has 3 N–H and O–H groups in total. The number of amides is 5. The number of likely N-dealkylation sites (tertiary alicyclic amines) is 2. The van der Waals surface area contributed by atoms with Crippen molar-refractivity contribution in [3.63, 3.8) is 0 Å². The Morgan fingerprint density at radius 3 is 1.94 bits per heavy atom. The van der Waals surface area contributed by atoms with Crippen molar-refractivity contribution in [2.75, 3.05) is 61.6 Å². The van der Waals surface area contributed by atoms with Gasteiger partial charge in [-0.2, -0.15) is 0 Å². The van der Waals surface area contributed by atoms with Crippen LogP contribution in [0.5, 0.6) is 5.75 Å². The molecule has 0 bridgehead atoms. The van der Waals surface area contributed by atoms with Gasteiger partial charge < -0.3 is 39.3 Å². The third-order valence-electron chi connectivity index (χ3n) is 15.0. The first-order valence-electron chi connectivity index (χ1n) is 25.8. The molecule has 406 valence electrons. The molecule has 0 aromatic heterocycles. The van der Waals surface area contributed by atoms with E-state index < -0.39 is 81.3 Å². The summed E-state index contributed by atoms with van der Waals surface area (Å²) in [6, 6.07) is 4.30. The van der Waals surface area contributed by atoms with E-state index in [1.165, 1.54) is 14.2 Å². The lowest BCUT2D eigenvalue weighted by molar-refractivity contribution is -0.148. The number of aliphatic carboxylic acids is 1. The SMILES string of the molecule is CC[C@H](C)[C@@H]([C@@H](CC(=O)N1CCC[C@H]1[C@H](OC)[C@@H](C)C(=O)C[C@@H](Cc1ccc(OCC(=O)N2CCC(C(=O)O)CC2)cc1)C(=O)NS(=O)(=O)C1CC1)OC)N(C)C(=O)[C@@H](NC(=O)[C@H](C(C)C)N(C)C)C(C)C. The number of likely N-dealkylation sites (N-methyl/N-ethyl adjacent to an activating group) is 2. The van der Waals surface area contributed by atoms with Crippen molar-refractivity contribution in [3.05, 3.63) is 29.8 Å². The number of methoxy groups -OCH3 is 2. The Balaban J connectivity index is 1.47. The van der Waals surface area contributed by atoms with Gasteiger partial charge in [0.15, 0.2) is 6.61 Å². The summed E-state index contributed by atoms with van der Waals surface area (Å²) in [6.07, 6.45) is 1.62. The highest BCUT2D eigenvalue weighted by atomic mass is 32.2. The lowest BCUT2D eigenvalue weighted by Gasteiger charge is -2.41. The molecule has 2 aliphatic heterocycles. The second-order valence-electron chi connectivity index (χ2n) is 21.2. The van der Waals surface area contributed by atoms with E-state index in [1.54, 1.807) is 52.9 Å². The fraction of sp³-hybridized carbons (Fsp3) is 0.750. The fourth-order valence-electron chi connectivity index (χ4n) is 10.4. The lowest BCUT2D eigenvalue weighted by atomic mass is 9.85. The average Bonchev–Trinajstić information content (AvgIpc) is 4.10. The van der Waals surface area contributed by atoms with Crippen LogP contribution in [0.2, 0.25) is 0 Å². The molecule has 2 saturated heterocycles. The Labute approximate surface area is 427 Å². The summed E-state index contributed by atoms with van der Waals surface area (Å²) in [4.78, 5) is 101. The molecule has 0 spiro atoms. The molecule has 3 aliphatic rings. The molecule has 5 amide bonds. The Hall–Kier alpha value is -4.66. The standard InChI is InChI=1S/C52H84N6O13S/c1-13-33(6)47(56(10)51(64)45(31(2)3)53-50(63)46(32(4)5)55(8)9)42(69-11)29-43(60)58-24-14-15-40(58)48(70-12)34(7)41(59)28-37(49(62)54-72(67,68)39-20-21-39)27-35-16-18-38(19-17-35)71-30-44(61)57-25-22-36(23-26-57)52(65)66/h16-19,31-34,36-37,39-40,42,45-48H,13-15,20-30H2,1-12H3,(H,53,63)(H,54,62)(H,65,66)/t33-,34-,37+,40-,42+,45-,46-,47-,48+/m0/s1. The van der Waals surface area contributed by atoms with Crippen molar-refractivity contribution in [3.8, 4) is 5.75 Å². The van der Waals surface area contributed by atoms with Crippen molar-refractivity contribution in [2.24, 2.45) is 35.5 Å². The molecule has 1 saturated carbocycles.